The van der Waals surface area contributed by atoms with Gasteiger partial charge in [-0.05, 0) is 37.5 Å². The van der Waals surface area contributed by atoms with Crippen LogP contribution >= 0.6 is 9.24 Å². The predicted octanol–water partition coefficient (Wildman–Crippen LogP) is 3.01. The van der Waals surface area contributed by atoms with Gasteiger partial charge in [0.1, 0.15) is 0 Å². The molecule has 0 aromatic carbocycles. The molecule has 0 saturated carbocycles. The first-order valence-electron chi connectivity index (χ1n) is 5.42. The van der Waals surface area contributed by atoms with Crippen molar-refractivity contribution in [3.63, 3.8) is 0 Å². The van der Waals surface area contributed by atoms with Crippen LogP contribution in [0, 0.1) is 5.41 Å². The van der Waals surface area contributed by atoms with Crippen molar-refractivity contribution in [1.29, 1.82) is 0 Å². The summed E-state index contributed by atoms with van der Waals surface area (Å²) in [5.74, 6) is 0. The van der Waals surface area contributed by atoms with Gasteiger partial charge in [0.25, 0.3) is 0 Å². The highest BCUT2D eigenvalue weighted by Gasteiger charge is 2.14. The Morgan fingerprint density at radius 2 is 1.77 bits per heavy atom. The van der Waals surface area contributed by atoms with E-state index in [1.807, 2.05) is 0 Å². The van der Waals surface area contributed by atoms with Crippen molar-refractivity contribution in [2.45, 2.75) is 40.5 Å². The van der Waals surface area contributed by atoms with Gasteiger partial charge in [0.2, 0.25) is 0 Å². The average Bonchev–Trinajstić information content (AvgIpc) is 2.01. The molecule has 0 aromatic rings. The fraction of sp³-hybridized carbons (Fsp3) is 1.00. The summed E-state index contributed by atoms with van der Waals surface area (Å²) in [6, 6.07) is 0. The molecule has 0 aromatic heterocycles. The molecule has 0 aliphatic heterocycles. The lowest BCUT2D eigenvalue weighted by molar-refractivity contribution is 0.197. The van der Waals surface area contributed by atoms with E-state index in [-0.39, 0.29) is 0 Å². The Balaban J connectivity index is 3.63. The smallest absolute Gasteiger partial charge is 0.00299 e. The SMILES string of the molecule is CCN(CCCCP)CC(C)(C)C. The molecular weight excluding hydrogens is 177 g/mol. The van der Waals surface area contributed by atoms with Gasteiger partial charge in [0.15, 0.2) is 0 Å². The van der Waals surface area contributed by atoms with Gasteiger partial charge >= 0.3 is 0 Å². The van der Waals surface area contributed by atoms with Gasteiger partial charge in [-0.25, -0.2) is 0 Å². The third-order valence-electron chi connectivity index (χ3n) is 2.07. The molecule has 1 unspecified atom stereocenters. The summed E-state index contributed by atoms with van der Waals surface area (Å²) in [6.07, 6.45) is 3.92. The van der Waals surface area contributed by atoms with E-state index in [9.17, 15) is 0 Å². The van der Waals surface area contributed by atoms with E-state index in [2.05, 4.69) is 41.8 Å². The zero-order valence-electron chi connectivity index (χ0n) is 9.77. The molecule has 0 aliphatic rings. The van der Waals surface area contributed by atoms with Gasteiger partial charge in [0.05, 0.1) is 0 Å². The Labute approximate surface area is 86.5 Å². The van der Waals surface area contributed by atoms with Crippen molar-refractivity contribution in [2.24, 2.45) is 5.41 Å². The molecule has 0 N–H and O–H groups in total. The minimum atomic E-state index is 0.441. The molecule has 80 valence electrons. The highest BCUT2D eigenvalue weighted by atomic mass is 31.0. The monoisotopic (exact) mass is 203 g/mol. The van der Waals surface area contributed by atoms with Crippen LogP contribution < -0.4 is 0 Å². The van der Waals surface area contributed by atoms with Crippen LogP contribution in [-0.4, -0.2) is 30.7 Å². The zero-order chi connectivity index (χ0) is 10.3. The summed E-state index contributed by atoms with van der Waals surface area (Å²) >= 11 is 0. The van der Waals surface area contributed by atoms with E-state index in [1.54, 1.807) is 0 Å². The van der Waals surface area contributed by atoms with Crippen molar-refractivity contribution in [2.75, 3.05) is 25.8 Å². The number of nitrogens with zero attached hydrogens (tertiary/aromatic N) is 1. The molecule has 0 radical (unpaired) electrons. The van der Waals surface area contributed by atoms with E-state index in [1.165, 1.54) is 38.6 Å². The minimum absolute atomic E-state index is 0.441. The third-order valence-corrected chi connectivity index (χ3v) is 2.48. The van der Waals surface area contributed by atoms with Crippen LogP contribution in [0.5, 0.6) is 0 Å². The lowest BCUT2D eigenvalue weighted by Crippen LogP contribution is -2.33. The summed E-state index contributed by atoms with van der Waals surface area (Å²) < 4.78 is 0. The van der Waals surface area contributed by atoms with Crippen molar-refractivity contribution in [3.05, 3.63) is 0 Å². The fourth-order valence-corrected chi connectivity index (χ4v) is 1.79. The van der Waals surface area contributed by atoms with Gasteiger partial charge < -0.3 is 4.90 Å². The Hall–Kier alpha value is 0.390. The van der Waals surface area contributed by atoms with Crippen molar-refractivity contribution in [1.82, 2.24) is 4.90 Å². The van der Waals surface area contributed by atoms with Gasteiger partial charge in [-0.15, -0.1) is 9.24 Å². The molecule has 0 heterocycles. The molecule has 13 heavy (non-hydrogen) atoms. The maximum atomic E-state index is 2.80. The summed E-state index contributed by atoms with van der Waals surface area (Å²) in [6.45, 7) is 12.9. The molecule has 0 bridgehead atoms. The van der Waals surface area contributed by atoms with E-state index >= 15 is 0 Å². The number of hydrogen-bond donors (Lipinski definition) is 0. The van der Waals surface area contributed by atoms with Gasteiger partial charge in [0, 0.05) is 6.54 Å². The second kappa shape index (κ2) is 6.79. The van der Waals surface area contributed by atoms with Gasteiger partial charge in [-0.2, -0.15) is 0 Å². The topological polar surface area (TPSA) is 3.24 Å². The molecule has 2 heteroatoms. The highest BCUT2D eigenvalue weighted by molar-refractivity contribution is 7.16. The summed E-state index contributed by atoms with van der Waals surface area (Å²) in [5.41, 5.74) is 0.441. The molecule has 1 atom stereocenters. The van der Waals surface area contributed by atoms with E-state index in [4.69, 9.17) is 0 Å². The molecule has 0 spiro atoms. The molecule has 1 nitrogen and oxygen atoms in total. The maximum absolute atomic E-state index is 2.80. The lowest BCUT2D eigenvalue weighted by Gasteiger charge is -2.28. The normalized spacial score (nSPS) is 12.5. The number of hydrogen-bond acceptors (Lipinski definition) is 1. The van der Waals surface area contributed by atoms with Gasteiger partial charge in [-0.3, -0.25) is 0 Å². The second-order valence-electron chi connectivity index (χ2n) is 4.93. The Bertz CT molecular complexity index is 118. The molecule has 0 saturated heterocycles. The van der Waals surface area contributed by atoms with Crippen LogP contribution in [0.2, 0.25) is 0 Å². The van der Waals surface area contributed by atoms with E-state index in [0.29, 0.717) is 5.41 Å². The van der Waals surface area contributed by atoms with Gasteiger partial charge in [-0.1, -0.05) is 27.7 Å². The van der Waals surface area contributed by atoms with E-state index in [0.717, 1.165) is 0 Å². The first-order chi connectivity index (χ1) is 5.99. The molecule has 0 rings (SSSR count). The molecule has 0 amide bonds. The summed E-state index contributed by atoms with van der Waals surface area (Å²) in [4.78, 5) is 2.56. The zero-order valence-corrected chi connectivity index (χ0v) is 10.9. The standard InChI is InChI=1S/C11H26NP/c1-5-12(8-6-7-9-13)10-11(2,3)4/h5-10,13H2,1-4H3. The second-order valence-corrected chi connectivity index (χ2v) is 5.50. The van der Waals surface area contributed by atoms with Crippen molar-refractivity contribution >= 4 is 9.24 Å². The quantitative estimate of drug-likeness (QED) is 0.474. The molecule has 0 fully saturated rings. The van der Waals surface area contributed by atoms with E-state index < -0.39 is 0 Å². The number of rotatable bonds is 6. The summed E-state index contributed by atoms with van der Waals surface area (Å²) in [7, 11) is 2.80. The van der Waals surface area contributed by atoms with Crippen LogP contribution in [0.1, 0.15) is 40.5 Å². The molecule has 0 aliphatic carbocycles. The average molecular weight is 203 g/mol. The van der Waals surface area contributed by atoms with Crippen molar-refractivity contribution in [3.8, 4) is 0 Å². The Kier molecular flexibility index (Phi) is 6.99. The van der Waals surface area contributed by atoms with Crippen LogP contribution in [0.15, 0.2) is 0 Å². The van der Waals surface area contributed by atoms with Crippen LogP contribution in [0.3, 0.4) is 0 Å². The highest BCUT2D eigenvalue weighted by Crippen LogP contribution is 2.15. The Morgan fingerprint density at radius 3 is 2.15 bits per heavy atom. The molecular formula is C11H26NP. The minimum Gasteiger partial charge on any atom is -0.303 e. The van der Waals surface area contributed by atoms with Crippen molar-refractivity contribution < 1.29 is 0 Å². The fourth-order valence-electron chi connectivity index (χ4n) is 1.50. The Morgan fingerprint density at radius 1 is 1.15 bits per heavy atom. The number of unbranched alkanes of at least 4 members (excludes halogenated alkanes) is 1. The predicted molar refractivity (Wildman–Crippen MR) is 65.4 cm³/mol. The summed E-state index contributed by atoms with van der Waals surface area (Å²) in [5, 5.41) is 0. The lowest BCUT2D eigenvalue weighted by atomic mass is 9.96. The first-order valence-corrected chi connectivity index (χ1v) is 6.23. The van der Waals surface area contributed by atoms with Crippen LogP contribution in [0.4, 0.5) is 0 Å². The first kappa shape index (κ1) is 13.4. The third kappa shape index (κ3) is 8.71. The van der Waals surface area contributed by atoms with Crippen LogP contribution in [-0.2, 0) is 0 Å². The van der Waals surface area contributed by atoms with Crippen LogP contribution in [0.25, 0.3) is 0 Å². The maximum Gasteiger partial charge on any atom is 0.00299 e. The largest absolute Gasteiger partial charge is 0.303 e.